The predicted octanol–water partition coefficient (Wildman–Crippen LogP) is 5.46. The summed E-state index contributed by atoms with van der Waals surface area (Å²) in [6, 6.07) is 17.6. The van der Waals surface area contributed by atoms with E-state index in [1.54, 1.807) is 24.4 Å². The summed E-state index contributed by atoms with van der Waals surface area (Å²) in [7, 11) is 0. The van der Waals surface area contributed by atoms with Crippen LogP contribution in [0.15, 0.2) is 73.2 Å². The van der Waals surface area contributed by atoms with E-state index in [-0.39, 0.29) is 5.82 Å². The van der Waals surface area contributed by atoms with Crippen molar-refractivity contribution in [1.29, 1.82) is 0 Å². The predicted molar refractivity (Wildman–Crippen MR) is 118 cm³/mol. The Bertz CT molecular complexity index is 1140. The third kappa shape index (κ3) is 5.32. The van der Waals surface area contributed by atoms with E-state index in [0.29, 0.717) is 35.1 Å². The molecule has 1 N–H and O–H groups in total. The molecule has 0 aliphatic heterocycles. The first-order valence-electron chi connectivity index (χ1n) is 10.3. The van der Waals surface area contributed by atoms with E-state index >= 15 is 0 Å². The Morgan fingerprint density at radius 2 is 1.72 bits per heavy atom. The Labute approximate surface area is 184 Å². The first kappa shape index (κ1) is 21.5. The minimum atomic E-state index is -2.55. The lowest BCUT2D eigenvalue weighted by atomic mass is 10.1. The second-order valence-electron chi connectivity index (χ2n) is 7.27. The highest BCUT2D eigenvalue weighted by molar-refractivity contribution is 5.77. The van der Waals surface area contributed by atoms with Crippen molar-refractivity contribution < 1.29 is 13.2 Å². The number of hydrogen-bond acceptors (Lipinski definition) is 4. The SMILES string of the molecule is Fc1ccc(-c2ncn(CC(F)F)c2-c2ccnc(NCCCc3ccccc3)n2)cc1. The average molecular weight is 437 g/mol. The van der Waals surface area contributed by atoms with Gasteiger partial charge in [0, 0.05) is 18.3 Å². The number of halogens is 3. The van der Waals surface area contributed by atoms with E-state index in [1.807, 2.05) is 18.2 Å². The number of benzene rings is 2. The van der Waals surface area contributed by atoms with E-state index in [0.717, 1.165) is 12.8 Å². The second-order valence-corrected chi connectivity index (χ2v) is 7.27. The van der Waals surface area contributed by atoms with Crippen molar-refractivity contribution in [1.82, 2.24) is 19.5 Å². The molecule has 0 saturated heterocycles. The Morgan fingerprint density at radius 1 is 0.938 bits per heavy atom. The van der Waals surface area contributed by atoms with Gasteiger partial charge in [0.1, 0.15) is 5.82 Å². The minimum Gasteiger partial charge on any atom is -0.354 e. The van der Waals surface area contributed by atoms with Gasteiger partial charge in [-0.1, -0.05) is 30.3 Å². The van der Waals surface area contributed by atoms with Crippen molar-refractivity contribution in [3.8, 4) is 22.6 Å². The van der Waals surface area contributed by atoms with E-state index in [1.165, 1.54) is 28.6 Å². The molecule has 0 fully saturated rings. The topological polar surface area (TPSA) is 55.6 Å². The van der Waals surface area contributed by atoms with Crippen molar-refractivity contribution in [2.45, 2.75) is 25.8 Å². The molecule has 8 heteroatoms. The van der Waals surface area contributed by atoms with E-state index in [2.05, 4.69) is 32.4 Å². The molecule has 0 bridgehead atoms. The first-order valence-corrected chi connectivity index (χ1v) is 10.3. The van der Waals surface area contributed by atoms with Crippen LogP contribution in [0.2, 0.25) is 0 Å². The minimum absolute atomic E-state index is 0.383. The molecule has 164 valence electrons. The first-order chi connectivity index (χ1) is 15.6. The van der Waals surface area contributed by atoms with Crippen LogP contribution in [0.3, 0.4) is 0 Å². The van der Waals surface area contributed by atoms with Gasteiger partial charge < -0.3 is 9.88 Å². The van der Waals surface area contributed by atoms with Gasteiger partial charge in [-0.15, -0.1) is 0 Å². The summed E-state index contributed by atoms with van der Waals surface area (Å²) in [5.41, 5.74) is 3.23. The zero-order valence-electron chi connectivity index (χ0n) is 17.3. The lowest BCUT2D eigenvalue weighted by Gasteiger charge is -2.11. The summed E-state index contributed by atoms with van der Waals surface area (Å²) in [4.78, 5) is 13.1. The van der Waals surface area contributed by atoms with Crippen LogP contribution in [-0.4, -0.2) is 32.5 Å². The van der Waals surface area contributed by atoms with Crippen molar-refractivity contribution >= 4 is 5.95 Å². The van der Waals surface area contributed by atoms with Gasteiger partial charge in [0.05, 0.1) is 30.0 Å². The molecule has 0 saturated carbocycles. The summed E-state index contributed by atoms with van der Waals surface area (Å²) in [5.74, 6) is 0.0248. The maximum Gasteiger partial charge on any atom is 0.256 e. The van der Waals surface area contributed by atoms with Crippen LogP contribution < -0.4 is 5.32 Å². The maximum atomic E-state index is 13.4. The lowest BCUT2D eigenvalue weighted by Crippen LogP contribution is -2.10. The molecule has 2 aromatic heterocycles. The fourth-order valence-electron chi connectivity index (χ4n) is 3.47. The Morgan fingerprint density at radius 3 is 2.47 bits per heavy atom. The van der Waals surface area contributed by atoms with Crippen molar-refractivity contribution in [2.24, 2.45) is 0 Å². The number of rotatable bonds is 9. The molecule has 0 amide bonds. The van der Waals surface area contributed by atoms with Gasteiger partial charge in [-0.05, 0) is 48.7 Å². The number of alkyl halides is 2. The standard InChI is InChI=1S/C24H22F3N5/c25-19-10-8-18(9-11-19)22-23(32(16-30-22)15-21(26)27)20-12-14-29-24(31-20)28-13-4-7-17-5-2-1-3-6-17/h1-3,5-6,8-12,14,16,21H,4,7,13,15H2,(H,28,29,31). The summed E-state index contributed by atoms with van der Waals surface area (Å²) < 4.78 is 41.0. The van der Waals surface area contributed by atoms with E-state index in [4.69, 9.17) is 0 Å². The largest absolute Gasteiger partial charge is 0.354 e. The normalized spacial score (nSPS) is 11.1. The van der Waals surface area contributed by atoms with E-state index in [9.17, 15) is 13.2 Å². The molecule has 32 heavy (non-hydrogen) atoms. The molecule has 2 aromatic carbocycles. The molecule has 0 unspecified atom stereocenters. The van der Waals surface area contributed by atoms with Crippen molar-refractivity contribution in [3.63, 3.8) is 0 Å². The number of nitrogens with one attached hydrogen (secondary N) is 1. The van der Waals surface area contributed by atoms with Gasteiger partial charge in [-0.3, -0.25) is 0 Å². The highest BCUT2D eigenvalue weighted by atomic mass is 19.3. The molecule has 5 nitrogen and oxygen atoms in total. The molecular formula is C24H22F3N5. The summed E-state index contributed by atoms with van der Waals surface area (Å²) >= 11 is 0. The van der Waals surface area contributed by atoms with E-state index < -0.39 is 13.0 Å². The fraction of sp³-hybridized carbons (Fsp3) is 0.208. The molecule has 4 rings (SSSR count). The third-order valence-corrected chi connectivity index (χ3v) is 4.96. The lowest BCUT2D eigenvalue weighted by molar-refractivity contribution is 0.127. The smallest absolute Gasteiger partial charge is 0.256 e. The Hall–Kier alpha value is -3.68. The van der Waals surface area contributed by atoms with Crippen LogP contribution in [0, 0.1) is 5.82 Å². The second kappa shape index (κ2) is 10.1. The van der Waals surface area contributed by atoms with Crippen LogP contribution in [-0.2, 0) is 13.0 Å². The Kier molecular flexibility index (Phi) is 6.79. The summed E-state index contributed by atoms with van der Waals surface area (Å²) in [6.45, 7) is 0.146. The van der Waals surface area contributed by atoms with Crippen LogP contribution in [0.25, 0.3) is 22.6 Å². The summed E-state index contributed by atoms with van der Waals surface area (Å²) in [5, 5.41) is 3.19. The summed E-state index contributed by atoms with van der Waals surface area (Å²) in [6.07, 6.45) is 2.19. The molecule has 4 aromatic rings. The molecule has 0 spiro atoms. The van der Waals surface area contributed by atoms with Gasteiger partial charge in [0.25, 0.3) is 6.43 Å². The van der Waals surface area contributed by atoms with Gasteiger partial charge >= 0.3 is 0 Å². The third-order valence-electron chi connectivity index (χ3n) is 4.96. The molecule has 0 aliphatic rings. The van der Waals surface area contributed by atoms with Gasteiger partial charge in [-0.25, -0.2) is 28.1 Å². The number of aromatic nitrogens is 4. The zero-order chi connectivity index (χ0) is 22.3. The van der Waals surface area contributed by atoms with Gasteiger partial charge in [-0.2, -0.15) is 0 Å². The maximum absolute atomic E-state index is 13.4. The quantitative estimate of drug-likeness (QED) is 0.354. The van der Waals surface area contributed by atoms with Crippen molar-refractivity contribution in [2.75, 3.05) is 11.9 Å². The average Bonchev–Trinajstić information content (AvgIpc) is 3.21. The van der Waals surface area contributed by atoms with Gasteiger partial charge in [0.2, 0.25) is 5.95 Å². The number of aryl methyl sites for hydroxylation is 1. The highest BCUT2D eigenvalue weighted by Gasteiger charge is 2.19. The van der Waals surface area contributed by atoms with Gasteiger partial charge in [0.15, 0.2) is 0 Å². The van der Waals surface area contributed by atoms with Crippen LogP contribution in [0.5, 0.6) is 0 Å². The van der Waals surface area contributed by atoms with Crippen LogP contribution in [0.4, 0.5) is 19.1 Å². The van der Waals surface area contributed by atoms with Crippen LogP contribution in [0.1, 0.15) is 12.0 Å². The zero-order valence-corrected chi connectivity index (χ0v) is 17.3. The fourth-order valence-corrected chi connectivity index (χ4v) is 3.47. The number of imidazole rings is 1. The molecule has 0 aliphatic carbocycles. The number of nitrogens with zero attached hydrogens (tertiary/aromatic N) is 4. The Balaban J connectivity index is 1.55. The number of anilines is 1. The molecule has 0 radical (unpaired) electrons. The van der Waals surface area contributed by atoms with Crippen molar-refractivity contribution in [3.05, 3.63) is 84.6 Å². The molecular weight excluding hydrogens is 415 g/mol. The monoisotopic (exact) mass is 437 g/mol. The molecule has 0 atom stereocenters. The highest BCUT2D eigenvalue weighted by Crippen LogP contribution is 2.31. The van der Waals surface area contributed by atoms with Crippen LogP contribution >= 0.6 is 0 Å². The molecule has 2 heterocycles. The number of hydrogen-bond donors (Lipinski definition) is 1.